The molecule has 0 spiro atoms. The zero-order valence-corrected chi connectivity index (χ0v) is 9.01. The molecule has 13 heavy (non-hydrogen) atoms. The van der Waals surface area contributed by atoms with Crippen molar-refractivity contribution in [1.82, 2.24) is 4.90 Å². The van der Waals surface area contributed by atoms with Gasteiger partial charge in [0.25, 0.3) is 0 Å². The van der Waals surface area contributed by atoms with Crippen LogP contribution in [0.5, 0.6) is 0 Å². The third-order valence-electron chi connectivity index (χ3n) is 2.76. The van der Waals surface area contributed by atoms with E-state index in [-0.39, 0.29) is 11.6 Å². The number of hydrogen-bond acceptors (Lipinski definition) is 2. The van der Waals surface area contributed by atoms with Crippen LogP contribution in [-0.4, -0.2) is 23.0 Å². The van der Waals surface area contributed by atoms with Crippen molar-refractivity contribution in [1.29, 1.82) is 5.26 Å². The lowest BCUT2D eigenvalue weighted by atomic mass is 10.0. The molecule has 0 bridgehead atoms. The Labute approximate surface area is 81.5 Å². The van der Waals surface area contributed by atoms with Gasteiger partial charge in [-0.05, 0) is 40.2 Å². The minimum atomic E-state index is 0.141. The van der Waals surface area contributed by atoms with Crippen LogP contribution in [0, 0.1) is 11.3 Å². The first-order chi connectivity index (χ1) is 6.05. The largest absolute Gasteiger partial charge is 0.283 e. The first-order valence-electron chi connectivity index (χ1n) is 5.22. The second kappa shape index (κ2) is 4.11. The summed E-state index contributed by atoms with van der Waals surface area (Å²) in [5, 5.41) is 9.06. The highest BCUT2D eigenvalue weighted by molar-refractivity contribution is 4.97. The van der Waals surface area contributed by atoms with Crippen molar-refractivity contribution in [2.75, 3.05) is 6.54 Å². The van der Waals surface area contributed by atoms with E-state index in [9.17, 15) is 0 Å². The van der Waals surface area contributed by atoms with Crippen molar-refractivity contribution in [3.63, 3.8) is 0 Å². The molecule has 0 aromatic carbocycles. The molecule has 1 aliphatic rings. The Bertz CT molecular complexity index is 197. The van der Waals surface area contributed by atoms with Crippen molar-refractivity contribution >= 4 is 0 Å². The molecule has 0 aromatic rings. The lowest BCUT2D eigenvalue weighted by Gasteiger charge is -2.37. The van der Waals surface area contributed by atoms with Crippen molar-refractivity contribution in [3.8, 4) is 6.07 Å². The Hall–Kier alpha value is -0.550. The fraction of sp³-hybridized carbons (Fsp3) is 0.909. The summed E-state index contributed by atoms with van der Waals surface area (Å²) in [6, 6.07) is 2.57. The molecule has 74 valence electrons. The number of nitrogens with zero attached hydrogens (tertiary/aromatic N) is 2. The second-order valence-electron chi connectivity index (χ2n) is 4.86. The van der Waals surface area contributed by atoms with Crippen LogP contribution in [0.1, 0.15) is 46.5 Å². The number of hydrogen-bond donors (Lipinski definition) is 0. The van der Waals surface area contributed by atoms with Gasteiger partial charge in [-0.1, -0.05) is 12.8 Å². The van der Waals surface area contributed by atoms with Crippen molar-refractivity contribution in [3.05, 3.63) is 0 Å². The van der Waals surface area contributed by atoms with Gasteiger partial charge in [-0.25, -0.2) is 0 Å². The fourth-order valence-corrected chi connectivity index (χ4v) is 2.05. The molecule has 0 amide bonds. The van der Waals surface area contributed by atoms with Gasteiger partial charge in [0.2, 0.25) is 0 Å². The molecule has 1 fully saturated rings. The summed E-state index contributed by atoms with van der Waals surface area (Å²) < 4.78 is 0. The summed E-state index contributed by atoms with van der Waals surface area (Å²) in [5.41, 5.74) is 0.144. The molecule has 1 aliphatic heterocycles. The highest BCUT2D eigenvalue weighted by atomic mass is 15.2. The molecular weight excluding hydrogens is 160 g/mol. The SMILES string of the molecule is CC(C)(C)N1CCCCCC1C#N. The third kappa shape index (κ3) is 2.70. The van der Waals surface area contributed by atoms with Gasteiger partial charge in [0.1, 0.15) is 0 Å². The quantitative estimate of drug-likeness (QED) is 0.573. The van der Waals surface area contributed by atoms with Gasteiger partial charge in [-0.2, -0.15) is 5.26 Å². The molecule has 1 unspecified atom stereocenters. The molecule has 0 aliphatic carbocycles. The summed E-state index contributed by atoms with van der Waals surface area (Å²) in [5.74, 6) is 0. The van der Waals surface area contributed by atoms with Gasteiger partial charge in [0, 0.05) is 5.54 Å². The van der Waals surface area contributed by atoms with Gasteiger partial charge in [-0.3, -0.25) is 4.90 Å². The van der Waals surface area contributed by atoms with Crippen LogP contribution < -0.4 is 0 Å². The Kier molecular flexibility index (Phi) is 3.33. The predicted octanol–water partition coefficient (Wildman–Crippen LogP) is 2.55. The van der Waals surface area contributed by atoms with Gasteiger partial charge in [0.15, 0.2) is 0 Å². The molecular formula is C11H20N2. The number of rotatable bonds is 0. The van der Waals surface area contributed by atoms with Crippen LogP contribution in [-0.2, 0) is 0 Å². The Morgan fingerprint density at radius 3 is 2.46 bits per heavy atom. The average Bonchev–Trinajstić information content (AvgIpc) is 2.26. The van der Waals surface area contributed by atoms with E-state index in [1.807, 2.05) is 0 Å². The maximum absolute atomic E-state index is 9.06. The van der Waals surface area contributed by atoms with E-state index in [4.69, 9.17) is 5.26 Å². The molecule has 2 nitrogen and oxygen atoms in total. The van der Waals surface area contributed by atoms with Crippen LogP contribution in [0.2, 0.25) is 0 Å². The lowest BCUT2D eigenvalue weighted by molar-refractivity contribution is 0.111. The van der Waals surface area contributed by atoms with Crippen molar-refractivity contribution in [2.45, 2.75) is 58.0 Å². The summed E-state index contributed by atoms with van der Waals surface area (Å²) in [4.78, 5) is 2.35. The van der Waals surface area contributed by atoms with E-state index < -0.39 is 0 Å². The molecule has 0 radical (unpaired) electrons. The average molecular weight is 180 g/mol. The highest BCUT2D eigenvalue weighted by Crippen LogP contribution is 2.24. The van der Waals surface area contributed by atoms with E-state index >= 15 is 0 Å². The van der Waals surface area contributed by atoms with E-state index in [0.717, 1.165) is 13.0 Å². The zero-order valence-electron chi connectivity index (χ0n) is 9.01. The van der Waals surface area contributed by atoms with E-state index in [0.29, 0.717) is 0 Å². The van der Waals surface area contributed by atoms with Gasteiger partial charge < -0.3 is 0 Å². The van der Waals surface area contributed by atoms with Gasteiger partial charge in [0.05, 0.1) is 12.1 Å². The van der Waals surface area contributed by atoms with E-state index in [2.05, 4.69) is 31.7 Å². The molecule has 1 rings (SSSR count). The van der Waals surface area contributed by atoms with Crippen molar-refractivity contribution in [2.24, 2.45) is 0 Å². The predicted molar refractivity (Wildman–Crippen MR) is 54.3 cm³/mol. The minimum Gasteiger partial charge on any atom is -0.283 e. The molecule has 0 saturated carbocycles. The Morgan fingerprint density at radius 2 is 1.92 bits per heavy atom. The molecule has 2 heteroatoms. The highest BCUT2D eigenvalue weighted by Gasteiger charge is 2.29. The Morgan fingerprint density at radius 1 is 1.23 bits per heavy atom. The second-order valence-corrected chi connectivity index (χ2v) is 4.86. The van der Waals surface area contributed by atoms with Crippen molar-refractivity contribution < 1.29 is 0 Å². The van der Waals surface area contributed by atoms with Crippen LogP contribution in [0.25, 0.3) is 0 Å². The first-order valence-corrected chi connectivity index (χ1v) is 5.22. The van der Waals surface area contributed by atoms with E-state index in [1.165, 1.54) is 19.3 Å². The molecule has 1 atom stereocenters. The number of likely N-dealkylation sites (tertiary alicyclic amines) is 1. The summed E-state index contributed by atoms with van der Waals surface area (Å²) in [6.07, 6.45) is 4.79. The van der Waals surface area contributed by atoms with Crippen LogP contribution in [0.4, 0.5) is 0 Å². The topological polar surface area (TPSA) is 27.0 Å². The monoisotopic (exact) mass is 180 g/mol. The summed E-state index contributed by atoms with van der Waals surface area (Å²) in [7, 11) is 0. The zero-order chi connectivity index (χ0) is 9.90. The normalized spacial score (nSPS) is 26.5. The lowest BCUT2D eigenvalue weighted by Crippen LogP contribution is -2.47. The fourth-order valence-electron chi connectivity index (χ4n) is 2.05. The van der Waals surface area contributed by atoms with E-state index in [1.54, 1.807) is 0 Å². The third-order valence-corrected chi connectivity index (χ3v) is 2.76. The first kappa shape index (κ1) is 10.5. The minimum absolute atomic E-state index is 0.141. The molecule has 1 heterocycles. The smallest absolute Gasteiger partial charge is 0.0982 e. The summed E-state index contributed by atoms with van der Waals surface area (Å²) in [6.45, 7) is 7.68. The van der Waals surface area contributed by atoms with Crippen LogP contribution >= 0.6 is 0 Å². The summed E-state index contributed by atoms with van der Waals surface area (Å²) >= 11 is 0. The van der Waals surface area contributed by atoms with Gasteiger partial charge in [-0.15, -0.1) is 0 Å². The van der Waals surface area contributed by atoms with Gasteiger partial charge >= 0.3 is 0 Å². The number of nitriles is 1. The molecule has 0 aromatic heterocycles. The van der Waals surface area contributed by atoms with Crippen LogP contribution in [0.15, 0.2) is 0 Å². The Balaban J connectivity index is 2.72. The maximum atomic E-state index is 9.06. The molecule has 0 N–H and O–H groups in total. The maximum Gasteiger partial charge on any atom is 0.0982 e. The standard InChI is InChI=1S/C11H20N2/c1-11(2,3)13-8-6-4-5-7-10(13)9-12/h10H,4-8H2,1-3H3. The van der Waals surface area contributed by atoms with Crippen LogP contribution in [0.3, 0.4) is 0 Å². The molecule has 1 saturated heterocycles.